The second-order valence-electron chi connectivity index (χ2n) is 3.14. The van der Waals surface area contributed by atoms with Crippen molar-refractivity contribution in [1.29, 1.82) is 0 Å². The molecular weight excluding hydrogens is 256 g/mol. The smallest absolute Gasteiger partial charge is 0.166 e. The first-order valence-electron chi connectivity index (χ1n) is 5.10. The molecule has 1 aromatic carbocycles. The van der Waals surface area contributed by atoms with Gasteiger partial charge >= 0.3 is 0 Å². The SMILES string of the molecule is CCOc1ccccc1C(=O)CCCBr. The molecule has 0 saturated carbocycles. The van der Waals surface area contributed by atoms with E-state index in [1.807, 2.05) is 31.2 Å². The molecule has 0 atom stereocenters. The molecule has 0 spiro atoms. The van der Waals surface area contributed by atoms with E-state index in [4.69, 9.17) is 4.74 Å². The maximum absolute atomic E-state index is 11.8. The van der Waals surface area contributed by atoms with Crippen molar-refractivity contribution < 1.29 is 9.53 Å². The van der Waals surface area contributed by atoms with Crippen molar-refractivity contribution in [3.8, 4) is 5.75 Å². The lowest BCUT2D eigenvalue weighted by atomic mass is 10.1. The van der Waals surface area contributed by atoms with Gasteiger partial charge in [-0.3, -0.25) is 4.79 Å². The number of alkyl halides is 1. The number of hydrogen-bond acceptors (Lipinski definition) is 2. The second kappa shape index (κ2) is 6.62. The Bertz CT molecular complexity index is 323. The van der Waals surface area contributed by atoms with Crippen LogP contribution in [0.5, 0.6) is 5.75 Å². The van der Waals surface area contributed by atoms with Crippen molar-refractivity contribution in [3.05, 3.63) is 29.8 Å². The minimum Gasteiger partial charge on any atom is -0.493 e. The molecular formula is C12H15BrO2. The highest BCUT2D eigenvalue weighted by atomic mass is 79.9. The molecule has 0 aliphatic heterocycles. The van der Waals surface area contributed by atoms with E-state index in [1.165, 1.54) is 0 Å². The quantitative estimate of drug-likeness (QED) is 0.585. The Morgan fingerprint density at radius 2 is 2.13 bits per heavy atom. The fourth-order valence-corrected chi connectivity index (χ4v) is 1.62. The summed E-state index contributed by atoms with van der Waals surface area (Å²) < 4.78 is 5.41. The first kappa shape index (κ1) is 12.2. The summed E-state index contributed by atoms with van der Waals surface area (Å²) in [6.45, 7) is 2.50. The van der Waals surface area contributed by atoms with Gasteiger partial charge in [-0.05, 0) is 25.5 Å². The van der Waals surface area contributed by atoms with E-state index >= 15 is 0 Å². The maximum Gasteiger partial charge on any atom is 0.166 e. The average molecular weight is 271 g/mol. The van der Waals surface area contributed by atoms with Crippen LogP contribution in [0.25, 0.3) is 0 Å². The monoisotopic (exact) mass is 270 g/mol. The van der Waals surface area contributed by atoms with Gasteiger partial charge in [-0.15, -0.1) is 0 Å². The summed E-state index contributed by atoms with van der Waals surface area (Å²) in [6, 6.07) is 7.41. The van der Waals surface area contributed by atoms with Crippen LogP contribution < -0.4 is 4.74 Å². The van der Waals surface area contributed by atoms with E-state index in [0.717, 1.165) is 11.8 Å². The highest BCUT2D eigenvalue weighted by Crippen LogP contribution is 2.20. The molecule has 0 radical (unpaired) electrons. The van der Waals surface area contributed by atoms with Crippen LogP contribution >= 0.6 is 15.9 Å². The Labute approximate surface area is 98.8 Å². The first-order valence-corrected chi connectivity index (χ1v) is 6.22. The number of Topliss-reactive ketones (excluding diaryl/α,β-unsaturated/α-hetero) is 1. The van der Waals surface area contributed by atoms with Crippen LogP contribution in [-0.2, 0) is 0 Å². The number of hydrogen-bond donors (Lipinski definition) is 0. The van der Waals surface area contributed by atoms with Crippen molar-refractivity contribution in [2.45, 2.75) is 19.8 Å². The minimum atomic E-state index is 0.151. The van der Waals surface area contributed by atoms with Crippen molar-refractivity contribution in [1.82, 2.24) is 0 Å². The average Bonchev–Trinajstić information content (AvgIpc) is 2.27. The Hall–Kier alpha value is -0.830. The number of carbonyl (C=O) groups excluding carboxylic acids is 1. The van der Waals surface area contributed by atoms with Gasteiger partial charge in [0.05, 0.1) is 12.2 Å². The van der Waals surface area contributed by atoms with Gasteiger partial charge in [0.1, 0.15) is 5.75 Å². The predicted molar refractivity (Wildman–Crippen MR) is 65.0 cm³/mol. The molecule has 1 rings (SSSR count). The molecule has 0 aliphatic rings. The van der Waals surface area contributed by atoms with Gasteiger partial charge in [0.25, 0.3) is 0 Å². The number of rotatable bonds is 6. The lowest BCUT2D eigenvalue weighted by Crippen LogP contribution is -2.03. The van der Waals surface area contributed by atoms with E-state index in [0.29, 0.717) is 24.3 Å². The third-order valence-electron chi connectivity index (χ3n) is 2.02. The van der Waals surface area contributed by atoms with Crippen molar-refractivity contribution in [3.63, 3.8) is 0 Å². The molecule has 0 amide bonds. The Morgan fingerprint density at radius 3 is 2.80 bits per heavy atom. The number of benzene rings is 1. The molecule has 0 fully saturated rings. The minimum absolute atomic E-state index is 0.151. The Balaban J connectivity index is 2.77. The summed E-state index contributed by atoms with van der Waals surface area (Å²) in [4.78, 5) is 11.8. The third-order valence-corrected chi connectivity index (χ3v) is 2.59. The number of halogens is 1. The topological polar surface area (TPSA) is 26.3 Å². The van der Waals surface area contributed by atoms with Gasteiger partial charge in [-0.1, -0.05) is 28.1 Å². The standard InChI is InChI=1S/C12H15BrO2/c1-2-15-12-8-4-3-6-10(12)11(14)7-5-9-13/h3-4,6,8H,2,5,7,9H2,1H3. The van der Waals surface area contributed by atoms with Crippen LogP contribution in [-0.4, -0.2) is 17.7 Å². The lowest BCUT2D eigenvalue weighted by molar-refractivity contribution is 0.0978. The van der Waals surface area contributed by atoms with Gasteiger partial charge < -0.3 is 4.74 Å². The molecule has 0 bridgehead atoms. The van der Waals surface area contributed by atoms with Crippen molar-refractivity contribution in [2.24, 2.45) is 0 Å². The van der Waals surface area contributed by atoms with Crippen LogP contribution in [0.3, 0.4) is 0 Å². The van der Waals surface area contributed by atoms with Crippen LogP contribution in [0.15, 0.2) is 24.3 Å². The third kappa shape index (κ3) is 3.67. The van der Waals surface area contributed by atoms with Crippen LogP contribution in [0.2, 0.25) is 0 Å². The number of ether oxygens (including phenoxy) is 1. The number of carbonyl (C=O) groups is 1. The molecule has 0 saturated heterocycles. The zero-order chi connectivity index (χ0) is 11.1. The summed E-state index contributed by atoms with van der Waals surface area (Å²) in [7, 11) is 0. The van der Waals surface area contributed by atoms with Gasteiger partial charge in [0.2, 0.25) is 0 Å². The largest absolute Gasteiger partial charge is 0.493 e. The second-order valence-corrected chi connectivity index (χ2v) is 3.94. The summed E-state index contributed by atoms with van der Waals surface area (Å²) in [5.74, 6) is 0.845. The zero-order valence-electron chi connectivity index (χ0n) is 8.83. The normalized spacial score (nSPS) is 10.0. The van der Waals surface area contributed by atoms with Crippen molar-refractivity contribution >= 4 is 21.7 Å². The molecule has 0 aliphatic carbocycles. The van der Waals surface area contributed by atoms with E-state index < -0.39 is 0 Å². The molecule has 0 N–H and O–H groups in total. The van der Waals surface area contributed by atoms with E-state index in [-0.39, 0.29) is 5.78 Å². The number of ketones is 1. The van der Waals surface area contributed by atoms with Gasteiger partial charge in [0.15, 0.2) is 5.78 Å². The van der Waals surface area contributed by atoms with Gasteiger partial charge in [-0.2, -0.15) is 0 Å². The lowest BCUT2D eigenvalue weighted by Gasteiger charge is -2.08. The van der Waals surface area contributed by atoms with E-state index in [9.17, 15) is 4.79 Å². The molecule has 3 heteroatoms. The zero-order valence-corrected chi connectivity index (χ0v) is 10.4. The van der Waals surface area contributed by atoms with Crippen LogP contribution in [0, 0.1) is 0 Å². The molecule has 0 aromatic heterocycles. The van der Waals surface area contributed by atoms with Gasteiger partial charge in [-0.25, -0.2) is 0 Å². The molecule has 15 heavy (non-hydrogen) atoms. The fraction of sp³-hybridized carbons (Fsp3) is 0.417. The first-order chi connectivity index (χ1) is 7.29. The molecule has 82 valence electrons. The molecule has 0 heterocycles. The number of para-hydroxylation sites is 1. The summed E-state index contributed by atoms with van der Waals surface area (Å²) in [5.41, 5.74) is 0.695. The molecule has 0 unspecified atom stereocenters. The fourth-order valence-electron chi connectivity index (χ4n) is 1.34. The Morgan fingerprint density at radius 1 is 1.40 bits per heavy atom. The van der Waals surface area contributed by atoms with Crippen LogP contribution in [0.4, 0.5) is 0 Å². The summed E-state index contributed by atoms with van der Waals surface area (Å²) in [6.07, 6.45) is 1.43. The summed E-state index contributed by atoms with van der Waals surface area (Å²) in [5, 5.41) is 0.857. The van der Waals surface area contributed by atoms with Crippen LogP contribution in [0.1, 0.15) is 30.1 Å². The summed E-state index contributed by atoms with van der Waals surface area (Å²) >= 11 is 3.32. The predicted octanol–water partition coefficient (Wildman–Crippen LogP) is 3.44. The molecule has 2 nitrogen and oxygen atoms in total. The highest BCUT2D eigenvalue weighted by Gasteiger charge is 2.10. The van der Waals surface area contributed by atoms with Crippen molar-refractivity contribution in [2.75, 3.05) is 11.9 Å². The molecule has 1 aromatic rings. The Kier molecular flexibility index (Phi) is 5.40. The van der Waals surface area contributed by atoms with E-state index in [1.54, 1.807) is 0 Å². The van der Waals surface area contributed by atoms with E-state index in [2.05, 4.69) is 15.9 Å². The maximum atomic E-state index is 11.8. The highest BCUT2D eigenvalue weighted by molar-refractivity contribution is 9.09. The van der Waals surface area contributed by atoms with Gasteiger partial charge in [0, 0.05) is 11.8 Å².